The molecule has 8 heavy (non-hydrogen) atoms. The summed E-state index contributed by atoms with van der Waals surface area (Å²) in [7, 11) is 0.194. The Morgan fingerprint density at radius 1 is 1.88 bits per heavy atom. The van der Waals surface area contributed by atoms with Crippen LogP contribution in [0.15, 0.2) is 12.3 Å². The average molecular weight is 150 g/mol. The van der Waals surface area contributed by atoms with Gasteiger partial charge in [-0.1, -0.05) is 12.6 Å². The van der Waals surface area contributed by atoms with Crippen LogP contribution in [0, 0.1) is 0 Å². The van der Waals surface area contributed by atoms with Gasteiger partial charge >= 0.3 is 0 Å². The molecule has 0 spiro atoms. The van der Waals surface area contributed by atoms with Gasteiger partial charge in [0, 0.05) is 0 Å². The van der Waals surface area contributed by atoms with Gasteiger partial charge in [0.25, 0.3) is 0 Å². The van der Waals surface area contributed by atoms with E-state index in [1.807, 2.05) is 12.7 Å². The topological polar surface area (TPSA) is 12.0 Å². The summed E-state index contributed by atoms with van der Waals surface area (Å²) in [6.45, 7) is 5.71. The maximum Gasteiger partial charge on any atom is 0.249 e. The summed E-state index contributed by atoms with van der Waals surface area (Å²) in [4.78, 5) is 3.06. The van der Waals surface area contributed by atoms with Gasteiger partial charge < -0.3 is 4.98 Å². The van der Waals surface area contributed by atoms with Crippen molar-refractivity contribution in [2.45, 2.75) is 13.0 Å². The zero-order chi connectivity index (χ0) is 6.62. The predicted molar refractivity (Wildman–Crippen MR) is 41.3 cm³/mol. The van der Waals surface area contributed by atoms with E-state index in [1.165, 1.54) is 0 Å². The van der Waals surface area contributed by atoms with E-state index in [0.29, 0.717) is 0 Å². The Labute approximate surface area is 56.5 Å². The number of hydrogen-bond donors (Lipinski definition) is 1. The Balaban J connectivity index is 3.76. The normalized spacial score (nSPS) is 17.4. The molecule has 48 valence electrons. The number of halogens is 1. The summed E-state index contributed by atoms with van der Waals surface area (Å²) in [6.07, 6.45) is 0. The first-order valence-electron chi connectivity index (χ1n) is 2.70. The van der Waals surface area contributed by atoms with Gasteiger partial charge in [0.15, 0.2) is 0 Å². The lowest BCUT2D eigenvalue weighted by atomic mass is 11.0. The third-order valence-corrected chi connectivity index (χ3v) is 5.59. The highest BCUT2D eigenvalue weighted by molar-refractivity contribution is 7.21. The summed E-state index contributed by atoms with van der Waals surface area (Å²) in [5, 5.41) is 0. The molecule has 0 saturated heterocycles. The van der Waals surface area contributed by atoms with Gasteiger partial charge in [-0.25, -0.2) is 0 Å². The Hall–Kier alpha value is 0.207. The standard InChI is InChI=1S/C5H12ClNSi/c1-4-8(6,5-2)7-3/h4,7H,1,5H2,2-3H3. The molecule has 1 nitrogen and oxygen atoms in total. The zero-order valence-electron chi connectivity index (χ0n) is 5.37. The van der Waals surface area contributed by atoms with Crippen LogP contribution in [-0.2, 0) is 0 Å². The fourth-order valence-corrected chi connectivity index (χ4v) is 1.27. The van der Waals surface area contributed by atoms with E-state index in [2.05, 4.69) is 18.5 Å². The average Bonchev–Trinajstić information content (AvgIpc) is 1.87. The van der Waals surface area contributed by atoms with Crippen molar-refractivity contribution < 1.29 is 0 Å². The molecule has 0 aromatic rings. The smallest absolute Gasteiger partial charge is 0.249 e. The van der Waals surface area contributed by atoms with Crippen molar-refractivity contribution in [3.63, 3.8) is 0 Å². The summed E-state index contributed by atoms with van der Waals surface area (Å²) in [5.41, 5.74) is 1.84. The predicted octanol–water partition coefficient (Wildman–Crippen LogP) is 1.63. The second kappa shape index (κ2) is 3.28. The van der Waals surface area contributed by atoms with Crippen LogP contribution >= 0.6 is 11.1 Å². The van der Waals surface area contributed by atoms with Gasteiger partial charge in [-0.3, -0.25) is 0 Å². The molecule has 1 atom stereocenters. The van der Waals surface area contributed by atoms with Gasteiger partial charge in [0.05, 0.1) is 0 Å². The van der Waals surface area contributed by atoms with Crippen LogP contribution in [0.25, 0.3) is 0 Å². The Bertz CT molecular complexity index is 80.5. The van der Waals surface area contributed by atoms with Gasteiger partial charge in [0.2, 0.25) is 7.55 Å². The van der Waals surface area contributed by atoms with Crippen molar-refractivity contribution in [1.29, 1.82) is 0 Å². The molecule has 0 radical (unpaired) electrons. The monoisotopic (exact) mass is 149 g/mol. The molecule has 0 bridgehead atoms. The first kappa shape index (κ1) is 8.21. The van der Waals surface area contributed by atoms with Crippen LogP contribution in [0.4, 0.5) is 0 Å². The maximum atomic E-state index is 6.00. The molecule has 0 fully saturated rings. The first-order chi connectivity index (χ1) is 3.68. The van der Waals surface area contributed by atoms with Crippen LogP contribution in [0.3, 0.4) is 0 Å². The van der Waals surface area contributed by atoms with Crippen LogP contribution in [0.2, 0.25) is 6.04 Å². The minimum atomic E-state index is -1.69. The highest BCUT2D eigenvalue weighted by Crippen LogP contribution is 2.09. The van der Waals surface area contributed by atoms with E-state index < -0.39 is 7.55 Å². The molecule has 0 heterocycles. The molecule has 0 amide bonds. The highest BCUT2D eigenvalue weighted by Gasteiger charge is 2.20. The van der Waals surface area contributed by atoms with Crippen LogP contribution in [0.1, 0.15) is 6.92 Å². The summed E-state index contributed by atoms with van der Waals surface area (Å²) in [6, 6.07) is 0.995. The third-order valence-electron chi connectivity index (χ3n) is 1.25. The number of nitrogens with one attached hydrogen (secondary N) is 1. The van der Waals surface area contributed by atoms with Crippen molar-refractivity contribution in [2.75, 3.05) is 7.05 Å². The molecule has 3 heteroatoms. The van der Waals surface area contributed by atoms with E-state index in [1.54, 1.807) is 0 Å². The SMILES string of the molecule is C=C[Si](Cl)(CC)NC. The lowest BCUT2D eigenvalue weighted by Gasteiger charge is -2.15. The van der Waals surface area contributed by atoms with Gasteiger partial charge in [-0.15, -0.1) is 17.7 Å². The third kappa shape index (κ3) is 1.99. The van der Waals surface area contributed by atoms with E-state index >= 15 is 0 Å². The Morgan fingerprint density at radius 2 is 2.38 bits per heavy atom. The molecule has 1 unspecified atom stereocenters. The van der Waals surface area contributed by atoms with E-state index in [4.69, 9.17) is 11.1 Å². The van der Waals surface area contributed by atoms with Gasteiger partial charge in [0.1, 0.15) is 0 Å². The second-order valence-corrected chi connectivity index (χ2v) is 7.03. The van der Waals surface area contributed by atoms with Crippen molar-refractivity contribution in [1.82, 2.24) is 4.98 Å². The number of hydrogen-bond acceptors (Lipinski definition) is 1. The minimum Gasteiger partial charge on any atom is -0.325 e. The highest BCUT2D eigenvalue weighted by atomic mass is 35.6. The first-order valence-corrected chi connectivity index (χ1v) is 5.99. The zero-order valence-corrected chi connectivity index (χ0v) is 7.13. The van der Waals surface area contributed by atoms with Crippen LogP contribution in [0.5, 0.6) is 0 Å². The van der Waals surface area contributed by atoms with Crippen molar-refractivity contribution in [3.05, 3.63) is 12.3 Å². The van der Waals surface area contributed by atoms with Crippen molar-refractivity contribution in [2.24, 2.45) is 0 Å². The summed E-state index contributed by atoms with van der Waals surface area (Å²) < 4.78 is 0. The van der Waals surface area contributed by atoms with E-state index in [0.717, 1.165) is 6.04 Å². The molecule has 0 aromatic heterocycles. The molecule has 0 aromatic carbocycles. The fraction of sp³-hybridized carbons (Fsp3) is 0.600. The summed E-state index contributed by atoms with van der Waals surface area (Å²) >= 11 is 6.00. The quantitative estimate of drug-likeness (QED) is 0.475. The fourth-order valence-electron chi connectivity index (χ4n) is 0.423. The van der Waals surface area contributed by atoms with E-state index in [9.17, 15) is 0 Å². The Kier molecular flexibility index (Phi) is 3.36. The number of rotatable bonds is 3. The minimum absolute atomic E-state index is 0.995. The molecule has 0 saturated carbocycles. The molecule has 0 rings (SSSR count). The lowest BCUT2D eigenvalue weighted by molar-refractivity contribution is 1.16. The molecule has 0 aliphatic heterocycles. The Morgan fingerprint density at radius 3 is 2.38 bits per heavy atom. The maximum absolute atomic E-state index is 6.00. The van der Waals surface area contributed by atoms with E-state index in [-0.39, 0.29) is 0 Å². The molecular weight excluding hydrogens is 138 g/mol. The molecule has 1 N–H and O–H groups in total. The van der Waals surface area contributed by atoms with Gasteiger partial charge in [-0.2, -0.15) is 0 Å². The van der Waals surface area contributed by atoms with Crippen LogP contribution < -0.4 is 4.98 Å². The van der Waals surface area contributed by atoms with Crippen LogP contribution in [-0.4, -0.2) is 14.6 Å². The van der Waals surface area contributed by atoms with Gasteiger partial charge in [-0.05, 0) is 13.1 Å². The lowest BCUT2D eigenvalue weighted by Crippen LogP contribution is -2.39. The summed E-state index contributed by atoms with van der Waals surface area (Å²) in [5.74, 6) is 0. The second-order valence-electron chi connectivity index (χ2n) is 1.67. The molecule has 0 aliphatic carbocycles. The van der Waals surface area contributed by atoms with Crippen molar-refractivity contribution in [3.8, 4) is 0 Å². The van der Waals surface area contributed by atoms with Crippen molar-refractivity contribution >= 4 is 18.6 Å². The molecular formula is C5H12ClNSi. The largest absolute Gasteiger partial charge is 0.325 e. The molecule has 0 aliphatic rings.